The Bertz CT molecular complexity index is 780. The molecule has 27 heavy (non-hydrogen) atoms. The van der Waals surface area contributed by atoms with Gasteiger partial charge in [-0.1, -0.05) is 17.7 Å². The summed E-state index contributed by atoms with van der Waals surface area (Å²) in [6, 6.07) is 9.41. The van der Waals surface area contributed by atoms with Crippen molar-refractivity contribution in [2.75, 3.05) is 33.4 Å². The highest BCUT2D eigenvalue weighted by atomic mass is 16.5. The van der Waals surface area contributed by atoms with Crippen LogP contribution in [0.1, 0.15) is 28.8 Å². The Hall–Kier alpha value is -2.67. The van der Waals surface area contributed by atoms with E-state index < -0.39 is 5.54 Å². The highest BCUT2D eigenvalue weighted by Gasteiger charge is 2.44. The maximum atomic E-state index is 13.0. The molecule has 1 aliphatic rings. The van der Waals surface area contributed by atoms with Crippen molar-refractivity contribution in [1.29, 1.82) is 0 Å². The average molecular weight is 370 g/mol. The SMILES string of the molecule is COCCNC(=O)C1(n2cccn2)CCN(C(=O)c2cccc(C)c2)CC1. The zero-order valence-corrected chi connectivity index (χ0v) is 15.9. The number of nitrogens with one attached hydrogen (secondary N) is 1. The standard InChI is InChI=1S/C20H26N4O3/c1-16-5-3-6-17(15-16)18(25)23-12-7-20(8-13-23,24-11-4-9-22-24)19(26)21-10-14-27-2/h3-6,9,11,15H,7-8,10,12-14H2,1-2H3,(H,21,26). The van der Waals surface area contributed by atoms with Gasteiger partial charge in [-0.25, -0.2) is 0 Å². The van der Waals surface area contributed by atoms with Crippen LogP contribution >= 0.6 is 0 Å². The van der Waals surface area contributed by atoms with Crippen LogP contribution in [0.2, 0.25) is 0 Å². The molecule has 1 fully saturated rings. The molecule has 3 rings (SSSR count). The average Bonchev–Trinajstić information content (AvgIpc) is 3.23. The first-order chi connectivity index (χ1) is 13.1. The summed E-state index contributed by atoms with van der Waals surface area (Å²) in [5, 5.41) is 7.26. The summed E-state index contributed by atoms with van der Waals surface area (Å²) in [6.45, 7) is 3.89. The molecule has 2 heterocycles. The molecule has 0 radical (unpaired) electrons. The molecule has 2 amide bonds. The number of nitrogens with zero attached hydrogens (tertiary/aromatic N) is 3. The number of ether oxygens (including phenoxy) is 1. The van der Waals surface area contributed by atoms with E-state index in [0.29, 0.717) is 44.6 Å². The summed E-state index contributed by atoms with van der Waals surface area (Å²) < 4.78 is 6.75. The summed E-state index contributed by atoms with van der Waals surface area (Å²) in [5.74, 6) is -0.0709. The van der Waals surface area contributed by atoms with Crippen LogP contribution in [-0.4, -0.2) is 59.8 Å². The number of aryl methyl sites for hydroxylation is 1. The van der Waals surface area contributed by atoms with Gasteiger partial charge in [0.1, 0.15) is 5.54 Å². The maximum absolute atomic E-state index is 13.0. The number of piperidine rings is 1. The number of methoxy groups -OCH3 is 1. The van der Waals surface area contributed by atoms with E-state index in [1.54, 1.807) is 18.0 Å². The van der Waals surface area contributed by atoms with Crippen LogP contribution in [0.25, 0.3) is 0 Å². The number of aromatic nitrogens is 2. The fourth-order valence-corrected chi connectivity index (χ4v) is 3.55. The van der Waals surface area contributed by atoms with Gasteiger partial charge in [0.25, 0.3) is 5.91 Å². The fraction of sp³-hybridized carbons (Fsp3) is 0.450. The Morgan fingerprint density at radius 3 is 2.67 bits per heavy atom. The summed E-state index contributed by atoms with van der Waals surface area (Å²) in [7, 11) is 1.60. The summed E-state index contributed by atoms with van der Waals surface area (Å²) >= 11 is 0. The quantitative estimate of drug-likeness (QED) is 0.784. The van der Waals surface area contributed by atoms with E-state index in [2.05, 4.69) is 10.4 Å². The monoisotopic (exact) mass is 370 g/mol. The third-order valence-electron chi connectivity index (χ3n) is 5.10. The van der Waals surface area contributed by atoms with Gasteiger partial charge >= 0.3 is 0 Å². The molecule has 0 bridgehead atoms. The maximum Gasteiger partial charge on any atom is 0.253 e. The lowest BCUT2D eigenvalue weighted by atomic mass is 9.86. The predicted octanol–water partition coefficient (Wildman–Crippen LogP) is 1.59. The molecular formula is C20H26N4O3. The number of hydrogen-bond donors (Lipinski definition) is 1. The van der Waals surface area contributed by atoms with Crippen LogP contribution in [0.3, 0.4) is 0 Å². The fourth-order valence-electron chi connectivity index (χ4n) is 3.55. The Balaban J connectivity index is 1.74. The van der Waals surface area contributed by atoms with Crippen LogP contribution in [-0.2, 0) is 15.1 Å². The number of benzene rings is 1. The van der Waals surface area contributed by atoms with E-state index in [4.69, 9.17) is 4.74 Å². The first-order valence-corrected chi connectivity index (χ1v) is 9.20. The van der Waals surface area contributed by atoms with Gasteiger partial charge in [-0.15, -0.1) is 0 Å². The van der Waals surface area contributed by atoms with Crippen LogP contribution in [0, 0.1) is 6.92 Å². The summed E-state index contributed by atoms with van der Waals surface area (Å²) in [4.78, 5) is 27.6. The van der Waals surface area contributed by atoms with Gasteiger partial charge in [0, 0.05) is 44.7 Å². The Morgan fingerprint density at radius 2 is 2.04 bits per heavy atom. The van der Waals surface area contributed by atoms with Gasteiger partial charge in [-0.3, -0.25) is 14.3 Å². The number of amides is 2. The molecule has 0 unspecified atom stereocenters. The van der Waals surface area contributed by atoms with E-state index in [-0.39, 0.29) is 11.8 Å². The molecule has 0 saturated carbocycles. The lowest BCUT2D eigenvalue weighted by Gasteiger charge is -2.40. The van der Waals surface area contributed by atoms with Crippen LogP contribution in [0.15, 0.2) is 42.7 Å². The van der Waals surface area contributed by atoms with Crippen LogP contribution < -0.4 is 5.32 Å². The molecule has 0 spiro atoms. The normalized spacial score (nSPS) is 16.1. The van der Waals surface area contributed by atoms with E-state index in [0.717, 1.165) is 5.56 Å². The van der Waals surface area contributed by atoms with Crippen LogP contribution in [0.4, 0.5) is 0 Å². The number of likely N-dealkylation sites (tertiary alicyclic amines) is 1. The van der Waals surface area contributed by atoms with Gasteiger partial charge in [-0.2, -0.15) is 5.10 Å². The molecule has 7 heteroatoms. The van der Waals surface area contributed by atoms with Crippen molar-refractivity contribution < 1.29 is 14.3 Å². The summed E-state index contributed by atoms with van der Waals surface area (Å²) in [6.07, 6.45) is 4.53. The topological polar surface area (TPSA) is 76.5 Å². The first kappa shape index (κ1) is 19.1. The van der Waals surface area contributed by atoms with Crippen molar-refractivity contribution in [2.24, 2.45) is 0 Å². The molecule has 1 aromatic heterocycles. The Labute approximate surface area is 159 Å². The third kappa shape index (κ3) is 4.03. The Morgan fingerprint density at radius 1 is 1.26 bits per heavy atom. The van der Waals surface area contributed by atoms with Gasteiger partial charge in [0.15, 0.2) is 0 Å². The number of carbonyl (C=O) groups is 2. The number of hydrogen-bond acceptors (Lipinski definition) is 4. The van der Waals surface area contributed by atoms with Gasteiger partial charge in [-0.05, 0) is 38.0 Å². The molecule has 1 saturated heterocycles. The molecule has 2 aromatic rings. The second-order valence-corrected chi connectivity index (χ2v) is 6.89. The zero-order valence-electron chi connectivity index (χ0n) is 15.9. The van der Waals surface area contributed by atoms with Gasteiger partial charge < -0.3 is 15.0 Å². The molecule has 144 valence electrons. The van der Waals surface area contributed by atoms with Crippen molar-refractivity contribution >= 4 is 11.8 Å². The Kier molecular flexibility index (Phi) is 5.91. The van der Waals surface area contributed by atoms with Crippen molar-refractivity contribution in [1.82, 2.24) is 20.0 Å². The highest BCUT2D eigenvalue weighted by Crippen LogP contribution is 2.30. The zero-order chi connectivity index (χ0) is 19.3. The second kappa shape index (κ2) is 8.35. The van der Waals surface area contributed by atoms with Crippen molar-refractivity contribution in [3.05, 3.63) is 53.9 Å². The highest BCUT2D eigenvalue weighted by molar-refractivity contribution is 5.94. The van der Waals surface area contributed by atoms with Gasteiger partial charge in [0.05, 0.1) is 6.61 Å². The molecule has 0 atom stereocenters. The van der Waals surface area contributed by atoms with Crippen molar-refractivity contribution in [3.8, 4) is 0 Å². The van der Waals surface area contributed by atoms with E-state index in [1.165, 1.54) is 0 Å². The van der Waals surface area contributed by atoms with E-state index in [9.17, 15) is 9.59 Å². The number of carbonyl (C=O) groups excluding carboxylic acids is 2. The third-order valence-corrected chi connectivity index (χ3v) is 5.10. The predicted molar refractivity (Wildman–Crippen MR) is 101 cm³/mol. The minimum atomic E-state index is -0.777. The number of rotatable bonds is 6. The van der Waals surface area contributed by atoms with Gasteiger partial charge in [0.2, 0.25) is 5.91 Å². The molecule has 1 aliphatic heterocycles. The minimum absolute atomic E-state index is 0.00700. The van der Waals surface area contributed by atoms with Crippen molar-refractivity contribution in [2.45, 2.75) is 25.3 Å². The smallest absolute Gasteiger partial charge is 0.253 e. The molecule has 7 nitrogen and oxygen atoms in total. The first-order valence-electron chi connectivity index (χ1n) is 9.20. The molecular weight excluding hydrogens is 344 g/mol. The van der Waals surface area contributed by atoms with E-state index in [1.807, 2.05) is 48.4 Å². The van der Waals surface area contributed by atoms with Crippen LogP contribution in [0.5, 0.6) is 0 Å². The van der Waals surface area contributed by atoms with E-state index >= 15 is 0 Å². The minimum Gasteiger partial charge on any atom is -0.383 e. The summed E-state index contributed by atoms with van der Waals surface area (Å²) in [5.41, 5.74) is 0.966. The molecule has 0 aliphatic carbocycles. The lowest BCUT2D eigenvalue weighted by molar-refractivity contribution is -0.133. The second-order valence-electron chi connectivity index (χ2n) is 6.89. The van der Waals surface area contributed by atoms with Crippen molar-refractivity contribution in [3.63, 3.8) is 0 Å². The molecule has 1 N–H and O–H groups in total. The largest absolute Gasteiger partial charge is 0.383 e. The lowest BCUT2D eigenvalue weighted by Crippen LogP contribution is -2.56. The molecule has 1 aromatic carbocycles.